The number of halogens is 2. The topological polar surface area (TPSA) is 67.4 Å². The Kier molecular flexibility index (Phi) is 5.28. The molecule has 1 aliphatic heterocycles. The van der Waals surface area contributed by atoms with Crippen molar-refractivity contribution in [3.8, 4) is 0 Å². The lowest BCUT2D eigenvalue weighted by Crippen LogP contribution is -2.31. The lowest BCUT2D eigenvalue weighted by Gasteiger charge is -2.24. The normalized spacial score (nSPS) is 22.9. The van der Waals surface area contributed by atoms with Crippen LogP contribution in [0.5, 0.6) is 0 Å². The van der Waals surface area contributed by atoms with Gasteiger partial charge in [-0.1, -0.05) is 53.6 Å². The summed E-state index contributed by atoms with van der Waals surface area (Å²) in [4.78, 5) is 24.7. The third-order valence-electron chi connectivity index (χ3n) is 5.64. The maximum atomic E-state index is 12.4. The van der Waals surface area contributed by atoms with E-state index in [2.05, 4.69) is 17.2 Å². The van der Waals surface area contributed by atoms with E-state index in [1.165, 1.54) is 0 Å². The number of allylic oxidation sites excluding steroid dienone is 1. The number of carbonyl (C=O) groups excluding carboxylic acids is 2. The van der Waals surface area contributed by atoms with Gasteiger partial charge in [-0.2, -0.15) is 0 Å². The molecule has 0 radical (unpaired) electrons. The molecule has 1 aliphatic carbocycles. The Labute approximate surface area is 179 Å². The van der Waals surface area contributed by atoms with Gasteiger partial charge in [0, 0.05) is 11.6 Å². The van der Waals surface area contributed by atoms with E-state index in [0.29, 0.717) is 40.9 Å². The number of para-hydroxylation sites is 1. The summed E-state index contributed by atoms with van der Waals surface area (Å²) in [5.74, 6) is 0.0748. The molecule has 2 N–H and O–H groups in total. The first kappa shape index (κ1) is 19.8. The van der Waals surface area contributed by atoms with E-state index < -0.39 is 11.4 Å². The fourth-order valence-electron chi connectivity index (χ4n) is 4.23. The van der Waals surface area contributed by atoms with Crippen LogP contribution >= 0.6 is 23.2 Å². The van der Waals surface area contributed by atoms with E-state index in [0.717, 1.165) is 17.6 Å². The Hall–Kier alpha value is -2.50. The summed E-state index contributed by atoms with van der Waals surface area (Å²) in [6, 6.07) is 12.0. The molecule has 5 nitrogen and oxygen atoms in total. The maximum absolute atomic E-state index is 12.4. The number of urea groups is 1. The number of hydrogen-bond acceptors (Lipinski definition) is 3. The maximum Gasteiger partial charge on any atom is 0.323 e. The number of benzene rings is 2. The molecule has 150 valence electrons. The highest BCUT2D eigenvalue weighted by Gasteiger charge is 2.55. The van der Waals surface area contributed by atoms with Gasteiger partial charge in [-0.05, 0) is 49.1 Å². The number of anilines is 2. The van der Waals surface area contributed by atoms with Crippen LogP contribution in [-0.4, -0.2) is 18.6 Å². The van der Waals surface area contributed by atoms with E-state index in [1.807, 2.05) is 12.1 Å². The van der Waals surface area contributed by atoms with Crippen molar-refractivity contribution in [3.05, 3.63) is 70.2 Å². The first-order valence-electron chi connectivity index (χ1n) is 9.32. The van der Waals surface area contributed by atoms with Crippen molar-refractivity contribution in [2.24, 2.45) is 11.3 Å². The van der Waals surface area contributed by atoms with Crippen molar-refractivity contribution in [1.29, 1.82) is 0 Å². The second-order valence-corrected chi connectivity index (χ2v) is 8.45. The van der Waals surface area contributed by atoms with Crippen LogP contribution in [0.1, 0.15) is 18.4 Å². The zero-order valence-electron chi connectivity index (χ0n) is 15.6. The van der Waals surface area contributed by atoms with Crippen LogP contribution < -0.4 is 10.6 Å². The molecule has 2 amide bonds. The Morgan fingerprint density at radius 2 is 1.83 bits per heavy atom. The molecule has 1 saturated heterocycles. The van der Waals surface area contributed by atoms with Crippen molar-refractivity contribution >= 4 is 46.6 Å². The Bertz CT molecular complexity index is 970. The molecule has 4 rings (SSSR count). The number of fused-ring (bicyclic) bond motifs is 1. The number of nitrogens with one attached hydrogen (secondary N) is 2. The number of rotatable bonds is 4. The minimum absolute atomic E-state index is 0.126. The van der Waals surface area contributed by atoms with Crippen LogP contribution in [-0.2, 0) is 16.0 Å². The molecule has 2 fully saturated rings. The fraction of sp³-hybridized carbons (Fsp3) is 0.273. The average Bonchev–Trinajstić information content (AvgIpc) is 3.14. The van der Waals surface area contributed by atoms with Gasteiger partial charge in [0.1, 0.15) is 0 Å². The predicted molar refractivity (Wildman–Crippen MR) is 115 cm³/mol. The van der Waals surface area contributed by atoms with E-state index in [-0.39, 0.29) is 11.9 Å². The molecule has 7 heteroatoms. The molecule has 0 aromatic heterocycles. The van der Waals surface area contributed by atoms with Crippen LogP contribution in [0, 0.1) is 11.3 Å². The van der Waals surface area contributed by atoms with E-state index in [4.69, 9.17) is 27.9 Å². The second kappa shape index (κ2) is 7.73. The van der Waals surface area contributed by atoms with Gasteiger partial charge in [0.05, 0.1) is 27.8 Å². The average molecular weight is 431 g/mol. The second-order valence-electron chi connectivity index (χ2n) is 7.63. The van der Waals surface area contributed by atoms with Crippen molar-refractivity contribution in [1.82, 2.24) is 0 Å². The number of amides is 2. The first-order chi connectivity index (χ1) is 13.9. The summed E-state index contributed by atoms with van der Waals surface area (Å²) in [6.45, 7) is 4.54. The molecule has 2 aliphatic rings. The Morgan fingerprint density at radius 1 is 1.14 bits per heavy atom. The Balaban J connectivity index is 1.43. The predicted octanol–water partition coefficient (Wildman–Crippen LogP) is 5.69. The van der Waals surface area contributed by atoms with Crippen molar-refractivity contribution in [2.75, 3.05) is 17.2 Å². The van der Waals surface area contributed by atoms with Gasteiger partial charge in [-0.3, -0.25) is 4.79 Å². The molecule has 2 atom stereocenters. The number of esters is 1. The summed E-state index contributed by atoms with van der Waals surface area (Å²) in [5, 5.41) is 6.13. The minimum atomic E-state index is -0.496. The van der Waals surface area contributed by atoms with Crippen LogP contribution in [0.3, 0.4) is 0 Å². The summed E-state index contributed by atoms with van der Waals surface area (Å²) in [7, 11) is 0. The molecule has 0 bridgehead atoms. The first-order valence-corrected chi connectivity index (χ1v) is 10.1. The van der Waals surface area contributed by atoms with Crippen LogP contribution in [0.2, 0.25) is 10.0 Å². The zero-order valence-corrected chi connectivity index (χ0v) is 17.1. The molecule has 2 aromatic carbocycles. The largest absolute Gasteiger partial charge is 0.465 e. The minimum Gasteiger partial charge on any atom is -0.465 e. The van der Waals surface area contributed by atoms with Crippen LogP contribution in [0.15, 0.2) is 54.6 Å². The lowest BCUT2D eigenvalue weighted by atomic mass is 9.75. The summed E-state index contributed by atoms with van der Waals surface area (Å²) in [5.41, 5.74) is 2.61. The molecular weight excluding hydrogens is 411 g/mol. The summed E-state index contributed by atoms with van der Waals surface area (Å²) >= 11 is 12.1. The zero-order chi connectivity index (χ0) is 20.6. The SMILES string of the molecule is C=C1CC2COC(=O)C2(Cc2ccc(NC(=O)Nc3c(Cl)cccc3Cl)cc2)C1. The summed E-state index contributed by atoms with van der Waals surface area (Å²) in [6.07, 6.45) is 2.13. The smallest absolute Gasteiger partial charge is 0.323 e. The number of cyclic esters (lactones) is 1. The molecule has 2 aromatic rings. The van der Waals surface area contributed by atoms with Gasteiger partial charge >= 0.3 is 12.0 Å². The van der Waals surface area contributed by atoms with Gasteiger partial charge in [0.25, 0.3) is 0 Å². The van der Waals surface area contributed by atoms with Crippen molar-refractivity contribution in [2.45, 2.75) is 19.3 Å². The van der Waals surface area contributed by atoms with Gasteiger partial charge in [-0.25, -0.2) is 4.79 Å². The van der Waals surface area contributed by atoms with Gasteiger partial charge in [-0.15, -0.1) is 0 Å². The van der Waals surface area contributed by atoms with Crippen molar-refractivity contribution in [3.63, 3.8) is 0 Å². The monoisotopic (exact) mass is 430 g/mol. The van der Waals surface area contributed by atoms with Gasteiger partial charge in [0.2, 0.25) is 0 Å². The highest BCUT2D eigenvalue weighted by atomic mass is 35.5. The molecule has 29 heavy (non-hydrogen) atoms. The number of hydrogen-bond donors (Lipinski definition) is 2. The molecule has 1 heterocycles. The van der Waals surface area contributed by atoms with Crippen LogP contribution in [0.25, 0.3) is 0 Å². The lowest BCUT2D eigenvalue weighted by molar-refractivity contribution is -0.146. The van der Waals surface area contributed by atoms with Crippen molar-refractivity contribution < 1.29 is 14.3 Å². The van der Waals surface area contributed by atoms with E-state index in [1.54, 1.807) is 30.3 Å². The fourth-order valence-corrected chi connectivity index (χ4v) is 4.72. The van der Waals surface area contributed by atoms with Gasteiger partial charge < -0.3 is 15.4 Å². The third kappa shape index (κ3) is 3.85. The molecule has 0 spiro atoms. The van der Waals surface area contributed by atoms with E-state index >= 15 is 0 Å². The molecular formula is C22H20Cl2N2O3. The van der Waals surface area contributed by atoms with E-state index in [9.17, 15) is 9.59 Å². The molecule has 2 unspecified atom stereocenters. The number of ether oxygens (including phenoxy) is 1. The highest BCUT2D eigenvalue weighted by Crippen LogP contribution is 2.52. The molecule has 1 saturated carbocycles. The highest BCUT2D eigenvalue weighted by molar-refractivity contribution is 6.39. The summed E-state index contributed by atoms with van der Waals surface area (Å²) < 4.78 is 5.33. The standard InChI is InChI=1S/C22H20Cl2N2O3/c1-13-9-15-12-29-20(27)22(15,10-13)11-14-5-7-16(8-6-14)25-21(28)26-19-17(23)3-2-4-18(19)24/h2-8,15H,1,9-12H2,(H2,25,26,28). The van der Waals surface area contributed by atoms with Crippen LogP contribution in [0.4, 0.5) is 16.2 Å². The quantitative estimate of drug-likeness (QED) is 0.483. The number of carbonyl (C=O) groups is 2. The Morgan fingerprint density at radius 3 is 2.52 bits per heavy atom. The van der Waals surface area contributed by atoms with Gasteiger partial charge in [0.15, 0.2) is 0 Å². The third-order valence-corrected chi connectivity index (χ3v) is 6.27.